The molecule has 0 unspecified atom stereocenters. The first-order valence-corrected chi connectivity index (χ1v) is 8.04. The summed E-state index contributed by atoms with van der Waals surface area (Å²) in [5, 5.41) is 10.7. The molecule has 0 saturated heterocycles. The van der Waals surface area contributed by atoms with Crippen LogP contribution in [0.25, 0.3) is 5.76 Å². The van der Waals surface area contributed by atoms with Crippen LogP contribution in [0, 0.1) is 3.57 Å². The molecule has 4 nitrogen and oxygen atoms in total. The lowest BCUT2D eigenvalue weighted by molar-refractivity contribution is -0.135. The number of aliphatic hydroxyl groups excluding tert-OH is 1. The predicted octanol–water partition coefficient (Wildman–Crippen LogP) is 4.79. The van der Waals surface area contributed by atoms with Crippen molar-refractivity contribution in [1.82, 2.24) is 0 Å². The minimum Gasteiger partial charge on any atom is -0.506 e. The van der Waals surface area contributed by atoms with Crippen molar-refractivity contribution in [3.8, 4) is 0 Å². The second kappa shape index (κ2) is 8.12. The Hall–Kier alpha value is -1.86. The minimum absolute atomic E-state index is 0.0702. The van der Waals surface area contributed by atoms with E-state index < -0.39 is 5.97 Å². The van der Waals surface area contributed by atoms with E-state index in [9.17, 15) is 9.90 Å². The second-order valence-corrected chi connectivity index (χ2v) is 6.12. The van der Waals surface area contributed by atoms with Crippen LogP contribution in [0.2, 0.25) is 5.02 Å². The van der Waals surface area contributed by atoms with Crippen molar-refractivity contribution in [2.24, 2.45) is 4.99 Å². The zero-order valence-electron chi connectivity index (χ0n) is 12.2. The first-order chi connectivity index (χ1) is 11.0. The van der Waals surface area contributed by atoms with Gasteiger partial charge in [-0.3, -0.25) is 4.99 Å². The number of nitrogens with zero attached hydrogens (tertiary/aromatic N) is 1. The minimum atomic E-state index is -0.698. The maximum Gasteiger partial charge on any atom is 0.343 e. The zero-order chi connectivity index (χ0) is 16.8. The third kappa shape index (κ3) is 4.56. The highest BCUT2D eigenvalue weighted by Gasteiger charge is 2.17. The summed E-state index contributed by atoms with van der Waals surface area (Å²) >= 11 is 8.24. The van der Waals surface area contributed by atoms with Crippen LogP contribution < -0.4 is 0 Å². The third-order valence-corrected chi connectivity index (χ3v) is 4.01. The molecule has 0 saturated carbocycles. The summed E-state index contributed by atoms with van der Waals surface area (Å²) in [4.78, 5) is 16.1. The van der Waals surface area contributed by atoms with Gasteiger partial charge in [-0.15, -0.1) is 0 Å². The number of hydrogen-bond acceptors (Lipinski definition) is 4. The molecule has 0 radical (unpaired) electrons. The van der Waals surface area contributed by atoms with Crippen LogP contribution >= 0.6 is 34.2 Å². The summed E-state index contributed by atoms with van der Waals surface area (Å²) in [6.07, 6.45) is 1.27. The molecule has 2 rings (SSSR count). The number of hydrogen-bond donors (Lipinski definition) is 1. The van der Waals surface area contributed by atoms with E-state index in [1.807, 2.05) is 12.1 Å². The van der Waals surface area contributed by atoms with Gasteiger partial charge in [0.1, 0.15) is 11.3 Å². The molecule has 0 heterocycles. The van der Waals surface area contributed by atoms with E-state index in [4.69, 9.17) is 16.3 Å². The van der Waals surface area contributed by atoms with E-state index >= 15 is 0 Å². The summed E-state index contributed by atoms with van der Waals surface area (Å²) in [6.45, 7) is 0. The van der Waals surface area contributed by atoms with Gasteiger partial charge >= 0.3 is 5.97 Å². The normalized spacial score (nSPS) is 12.1. The molecule has 2 aromatic rings. The highest BCUT2D eigenvalue weighted by Crippen LogP contribution is 2.24. The van der Waals surface area contributed by atoms with E-state index in [2.05, 4.69) is 27.6 Å². The summed E-state index contributed by atoms with van der Waals surface area (Å²) in [6, 6.07) is 14.1. The van der Waals surface area contributed by atoms with Crippen LogP contribution in [0.4, 0.5) is 5.69 Å². The topological polar surface area (TPSA) is 58.9 Å². The fourth-order valence-electron chi connectivity index (χ4n) is 1.79. The fraction of sp³-hybridized carbons (Fsp3) is 0.0588. The van der Waals surface area contributed by atoms with Gasteiger partial charge in [-0.1, -0.05) is 23.7 Å². The standard InChI is InChI=1S/C17H13ClINO3/c1-23-17(22)14(10-20-12-8-6-11(19)7-9-12)16(21)13-4-2-3-5-15(13)18/h2-10,21H,1H3/b16-14+,20-10?. The van der Waals surface area contributed by atoms with E-state index in [1.165, 1.54) is 13.3 Å². The smallest absolute Gasteiger partial charge is 0.343 e. The number of rotatable bonds is 4. The van der Waals surface area contributed by atoms with Crippen LogP contribution in [0.1, 0.15) is 5.56 Å². The predicted molar refractivity (Wildman–Crippen MR) is 100 cm³/mol. The molecule has 23 heavy (non-hydrogen) atoms. The molecule has 0 aliphatic heterocycles. The maximum atomic E-state index is 11.9. The van der Waals surface area contributed by atoms with E-state index in [1.54, 1.807) is 36.4 Å². The Bertz CT molecular complexity index is 770. The molecule has 0 atom stereocenters. The lowest BCUT2D eigenvalue weighted by atomic mass is 10.1. The molecule has 0 fully saturated rings. The molecule has 1 N–H and O–H groups in total. The Morgan fingerprint density at radius 2 is 1.87 bits per heavy atom. The van der Waals surface area contributed by atoms with Crippen LogP contribution in [0.5, 0.6) is 0 Å². The first kappa shape index (κ1) is 17.5. The molecule has 0 spiro atoms. The van der Waals surface area contributed by atoms with Crippen LogP contribution in [0.3, 0.4) is 0 Å². The lowest BCUT2D eigenvalue weighted by Crippen LogP contribution is -2.09. The SMILES string of the molecule is COC(=O)/C(C=Nc1ccc(I)cc1)=C(/O)c1ccccc1Cl. The quantitative estimate of drug-likeness (QED) is 0.244. The van der Waals surface area contributed by atoms with Crippen molar-refractivity contribution in [2.75, 3.05) is 7.11 Å². The lowest BCUT2D eigenvalue weighted by Gasteiger charge is -2.07. The summed E-state index contributed by atoms with van der Waals surface area (Å²) in [5.41, 5.74) is 0.918. The van der Waals surface area contributed by atoms with Gasteiger partial charge in [-0.2, -0.15) is 0 Å². The average molecular weight is 442 g/mol. The third-order valence-electron chi connectivity index (χ3n) is 2.96. The largest absolute Gasteiger partial charge is 0.506 e. The number of aliphatic hydroxyl groups is 1. The van der Waals surface area contributed by atoms with Gasteiger partial charge in [0.25, 0.3) is 0 Å². The van der Waals surface area contributed by atoms with Crippen molar-refractivity contribution in [3.05, 3.63) is 68.3 Å². The van der Waals surface area contributed by atoms with Crippen molar-refractivity contribution in [2.45, 2.75) is 0 Å². The van der Waals surface area contributed by atoms with Crippen molar-refractivity contribution in [1.29, 1.82) is 0 Å². The zero-order valence-corrected chi connectivity index (χ0v) is 15.1. The molecule has 118 valence electrons. The van der Waals surface area contributed by atoms with Crippen molar-refractivity contribution in [3.63, 3.8) is 0 Å². The van der Waals surface area contributed by atoms with Gasteiger partial charge in [0.05, 0.1) is 17.8 Å². The molecule has 2 aromatic carbocycles. The number of methoxy groups -OCH3 is 1. The Morgan fingerprint density at radius 3 is 2.48 bits per heavy atom. The van der Waals surface area contributed by atoms with E-state index in [0.717, 1.165) is 3.57 Å². The molecule has 0 amide bonds. The Balaban J connectivity index is 2.45. The number of aliphatic imine (C=N–C) groups is 1. The molecule has 0 aliphatic rings. The van der Waals surface area contributed by atoms with Gasteiger partial charge in [0.15, 0.2) is 0 Å². The average Bonchev–Trinajstić information content (AvgIpc) is 2.56. The summed E-state index contributed by atoms with van der Waals surface area (Å²) in [5.74, 6) is -0.978. The van der Waals surface area contributed by atoms with Crippen LogP contribution in [-0.4, -0.2) is 24.4 Å². The van der Waals surface area contributed by atoms with Gasteiger partial charge in [-0.25, -0.2) is 4.79 Å². The fourth-order valence-corrected chi connectivity index (χ4v) is 2.37. The van der Waals surface area contributed by atoms with Crippen molar-refractivity contribution < 1.29 is 14.6 Å². The summed E-state index contributed by atoms with van der Waals surface area (Å²) < 4.78 is 5.78. The highest BCUT2D eigenvalue weighted by molar-refractivity contribution is 14.1. The van der Waals surface area contributed by atoms with Gasteiger partial charge in [0.2, 0.25) is 0 Å². The number of halogens is 2. The van der Waals surface area contributed by atoms with Crippen molar-refractivity contribution >= 4 is 57.8 Å². The molecule has 6 heteroatoms. The molecule has 0 aliphatic carbocycles. The van der Waals surface area contributed by atoms with E-state index in [0.29, 0.717) is 16.3 Å². The molecule has 0 bridgehead atoms. The number of benzene rings is 2. The van der Waals surface area contributed by atoms with Gasteiger partial charge in [0, 0.05) is 15.3 Å². The molecule has 0 aromatic heterocycles. The summed E-state index contributed by atoms with van der Waals surface area (Å²) in [7, 11) is 1.24. The van der Waals surface area contributed by atoms with E-state index in [-0.39, 0.29) is 11.3 Å². The monoisotopic (exact) mass is 441 g/mol. The molecular formula is C17H13ClINO3. The Labute approximate surface area is 152 Å². The molecular weight excluding hydrogens is 429 g/mol. The Morgan fingerprint density at radius 1 is 1.22 bits per heavy atom. The Kier molecular flexibility index (Phi) is 6.18. The van der Waals surface area contributed by atoms with Crippen LogP contribution in [-0.2, 0) is 9.53 Å². The van der Waals surface area contributed by atoms with Gasteiger partial charge in [-0.05, 0) is 59.0 Å². The number of carbonyl (C=O) groups is 1. The highest BCUT2D eigenvalue weighted by atomic mass is 127. The maximum absolute atomic E-state index is 11.9. The second-order valence-electron chi connectivity index (χ2n) is 4.47. The van der Waals surface area contributed by atoms with Crippen LogP contribution in [0.15, 0.2) is 59.1 Å². The number of ether oxygens (including phenoxy) is 1. The first-order valence-electron chi connectivity index (χ1n) is 6.59. The van der Waals surface area contributed by atoms with Gasteiger partial charge < -0.3 is 9.84 Å². The number of esters is 1. The number of carbonyl (C=O) groups excluding carboxylic acids is 1.